The van der Waals surface area contributed by atoms with E-state index in [1.165, 1.54) is 5.56 Å². The summed E-state index contributed by atoms with van der Waals surface area (Å²) in [7, 11) is 0. The second-order valence-electron chi connectivity index (χ2n) is 16.2. The van der Waals surface area contributed by atoms with Crippen molar-refractivity contribution in [3.8, 4) is 45.7 Å². The number of likely N-dealkylation sites (tertiary alicyclic amines) is 1. The highest BCUT2D eigenvalue weighted by Gasteiger charge is 2.38. The van der Waals surface area contributed by atoms with Crippen LogP contribution in [0.4, 0.5) is 0 Å². The highest BCUT2D eigenvalue weighted by Crippen LogP contribution is 2.34. The van der Waals surface area contributed by atoms with Crippen LogP contribution >= 0.6 is 34.8 Å². The lowest BCUT2D eigenvalue weighted by molar-refractivity contribution is -0.157. The fourth-order valence-corrected chi connectivity index (χ4v) is 7.66. The van der Waals surface area contributed by atoms with Crippen molar-refractivity contribution in [2.45, 2.75) is 79.7 Å². The Morgan fingerprint density at radius 1 is 0.712 bits per heavy atom. The van der Waals surface area contributed by atoms with Crippen LogP contribution in [0.3, 0.4) is 0 Å². The molecule has 3 heterocycles. The molecule has 1 saturated heterocycles. The molecule has 1 aliphatic rings. The number of nitrogens with zero attached hydrogens (tertiary/aromatic N) is 5. The highest BCUT2D eigenvalue weighted by atomic mass is 35.5. The molecule has 0 aliphatic carbocycles. The van der Waals surface area contributed by atoms with E-state index in [2.05, 4.69) is 65.0 Å². The first-order valence-corrected chi connectivity index (χ1v) is 21.5. The predicted molar refractivity (Wildman–Crippen MR) is 236 cm³/mol. The molecule has 59 heavy (non-hydrogen) atoms. The van der Waals surface area contributed by atoms with Crippen LogP contribution < -0.4 is 0 Å². The number of hydrogen-bond donors (Lipinski definition) is 0. The molecule has 0 saturated carbocycles. The van der Waals surface area contributed by atoms with Crippen molar-refractivity contribution in [3.63, 3.8) is 0 Å². The molecule has 0 amide bonds. The van der Waals surface area contributed by atoms with E-state index in [9.17, 15) is 4.79 Å². The number of aromatic nitrogens is 4. The van der Waals surface area contributed by atoms with E-state index in [0.29, 0.717) is 47.8 Å². The minimum atomic E-state index is -0.369. The van der Waals surface area contributed by atoms with Crippen LogP contribution in [-0.2, 0) is 34.8 Å². The molecular formula is C47H52Cl3N5O4. The summed E-state index contributed by atoms with van der Waals surface area (Å²) in [5.74, 6) is 3.53. The van der Waals surface area contributed by atoms with E-state index < -0.39 is 0 Å². The van der Waals surface area contributed by atoms with E-state index in [4.69, 9.17) is 48.6 Å². The van der Waals surface area contributed by atoms with Crippen LogP contribution in [0.5, 0.6) is 0 Å². The summed E-state index contributed by atoms with van der Waals surface area (Å²) in [5, 5.41) is 9.68. The Labute approximate surface area is 362 Å². The SMILES string of the molecule is CC(C)Cc1ccc(-c2nc(-c3ccc(CCl)cc3)no2)cc1Cl.CCOC(=O)C1(C)CCN(Cc2ccc(-c3noc(-c4ccc(CC(C)C)c(Cl)c4)n3)cc2)CC1. The molecule has 2 aromatic heterocycles. The Morgan fingerprint density at radius 2 is 1.15 bits per heavy atom. The van der Waals surface area contributed by atoms with Crippen molar-refractivity contribution in [2.75, 3.05) is 19.7 Å². The number of ether oxygens (including phenoxy) is 1. The lowest BCUT2D eigenvalue weighted by Gasteiger charge is -2.37. The number of halogens is 3. The van der Waals surface area contributed by atoms with Crippen molar-refractivity contribution in [1.82, 2.24) is 25.2 Å². The van der Waals surface area contributed by atoms with Crippen molar-refractivity contribution >= 4 is 40.8 Å². The number of benzene rings is 4. The molecule has 6 aromatic rings. The molecule has 4 aromatic carbocycles. The van der Waals surface area contributed by atoms with Gasteiger partial charge in [0.05, 0.1) is 12.0 Å². The fraction of sp³-hybridized carbons (Fsp3) is 0.383. The predicted octanol–water partition coefficient (Wildman–Crippen LogP) is 12.4. The average Bonchev–Trinajstić information content (AvgIpc) is 3.93. The first-order chi connectivity index (χ1) is 28.3. The number of esters is 1. The van der Waals surface area contributed by atoms with Gasteiger partial charge in [0.25, 0.3) is 11.8 Å². The maximum atomic E-state index is 12.3. The second kappa shape index (κ2) is 20.1. The van der Waals surface area contributed by atoms with E-state index in [1.807, 2.05) is 86.6 Å². The number of carbonyl (C=O) groups is 1. The Kier molecular flexibility index (Phi) is 15.0. The van der Waals surface area contributed by atoms with Gasteiger partial charge in [-0.25, -0.2) is 0 Å². The number of alkyl halides is 1. The average molecular weight is 857 g/mol. The van der Waals surface area contributed by atoms with Crippen molar-refractivity contribution in [3.05, 3.63) is 117 Å². The molecule has 310 valence electrons. The molecule has 0 N–H and O–H groups in total. The largest absolute Gasteiger partial charge is 0.466 e. The van der Waals surface area contributed by atoms with E-state index in [0.717, 1.165) is 94.3 Å². The summed E-state index contributed by atoms with van der Waals surface area (Å²) < 4.78 is 16.2. The zero-order valence-corrected chi connectivity index (χ0v) is 36.9. The smallest absolute Gasteiger partial charge is 0.311 e. The maximum absolute atomic E-state index is 12.3. The normalized spacial score (nSPS) is 14.0. The van der Waals surface area contributed by atoms with Gasteiger partial charge in [-0.3, -0.25) is 9.69 Å². The van der Waals surface area contributed by atoms with Crippen molar-refractivity contribution in [1.29, 1.82) is 0 Å². The van der Waals surface area contributed by atoms with Crippen molar-refractivity contribution < 1.29 is 18.6 Å². The summed E-state index contributed by atoms with van der Waals surface area (Å²) in [4.78, 5) is 23.7. The molecular weight excluding hydrogens is 805 g/mol. The Hall–Kier alpha value is -4.54. The van der Waals surface area contributed by atoms with Gasteiger partial charge in [-0.1, -0.05) is 122 Å². The van der Waals surface area contributed by atoms with Gasteiger partial charge in [0.15, 0.2) is 0 Å². The summed E-state index contributed by atoms with van der Waals surface area (Å²) in [5.41, 5.74) is 7.59. The summed E-state index contributed by atoms with van der Waals surface area (Å²) in [6.45, 7) is 15.6. The zero-order chi connectivity index (χ0) is 42.1. The van der Waals surface area contributed by atoms with Crippen LogP contribution in [0.25, 0.3) is 45.7 Å². The maximum Gasteiger partial charge on any atom is 0.311 e. The number of carbonyl (C=O) groups excluding carboxylic acids is 1. The van der Waals surface area contributed by atoms with Gasteiger partial charge in [-0.05, 0) is 111 Å². The fourth-order valence-electron chi connectivity index (χ4n) is 6.96. The zero-order valence-electron chi connectivity index (χ0n) is 34.6. The monoisotopic (exact) mass is 855 g/mol. The lowest BCUT2D eigenvalue weighted by Crippen LogP contribution is -2.43. The molecule has 0 spiro atoms. The summed E-state index contributed by atoms with van der Waals surface area (Å²) >= 11 is 18.7. The Balaban J connectivity index is 0.000000213. The van der Waals surface area contributed by atoms with E-state index in [1.54, 1.807) is 0 Å². The van der Waals surface area contributed by atoms with Gasteiger partial charge in [0, 0.05) is 44.7 Å². The second-order valence-corrected chi connectivity index (χ2v) is 17.3. The lowest BCUT2D eigenvalue weighted by atomic mass is 9.80. The Bertz CT molecular complexity index is 2300. The standard InChI is InChI=1S/C28H34ClN3O3.C19H18Cl2N2O/c1-5-34-27(33)28(4)12-14-32(15-13-28)18-20-6-8-21(9-7-20)25-30-26(35-31-25)23-11-10-22(16-19(2)3)24(29)17-23;1-12(2)9-15-7-8-16(10-17(15)21)19-22-18(23-24-19)14-5-3-13(11-20)4-6-14/h6-11,17,19H,5,12-16,18H2,1-4H3;3-8,10,12H,9,11H2,1-2H3. The highest BCUT2D eigenvalue weighted by molar-refractivity contribution is 6.32. The quantitative estimate of drug-likeness (QED) is 0.0828. The molecule has 1 aliphatic heterocycles. The molecule has 0 atom stereocenters. The third kappa shape index (κ3) is 11.6. The number of rotatable bonds is 13. The molecule has 12 heteroatoms. The van der Waals surface area contributed by atoms with Gasteiger partial charge >= 0.3 is 5.97 Å². The van der Waals surface area contributed by atoms with E-state index >= 15 is 0 Å². The number of hydrogen-bond acceptors (Lipinski definition) is 9. The van der Waals surface area contributed by atoms with Crippen LogP contribution in [0.2, 0.25) is 10.0 Å². The molecule has 1 fully saturated rings. The molecule has 9 nitrogen and oxygen atoms in total. The minimum absolute atomic E-state index is 0.0720. The molecule has 0 unspecified atom stereocenters. The van der Waals surface area contributed by atoms with Crippen LogP contribution in [0.15, 0.2) is 94.0 Å². The van der Waals surface area contributed by atoms with Gasteiger partial charge in [0.2, 0.25) is 11.6 Å². The van der Waals surface area contributed by atoms with E-state index in [-0.39, 0.29) is 11.4 Å². The third-order valence-electron chi connectivity index (χ3n) is 10.4. The van der Waals surface area contributed by atoms with Gasteiger partial charge in [-0.2, -0.15) is 9.97 Å². The Morgan fingerprint density at radius 3 is 1.56 bits per heavy atom. The topological polar surface area (TPSA) is 107 Å². The summed E-state index contributed by atoms with van der Waals surface area (Å²) in [6, 6.07) is 27.8. The molecule has 0 radical (unpaired) electrons. The number of piperidine rings is 1. The first-order valence-electron chi connectivity index (χ1n) is 20.2. The van der Waals surface area contributed by atoms with Crippen LogP contribution in [-0.4, -0.2) is 50.8 Å². The van der Waals surface area contributed by atoms with Crippen LogP contribution in [0.1, 0.15) is 76.6 Å². The van der Waals surface area contributed by atoms with Gasteiger partial charge < -0.3 is 13.8 Å². The third-order valence-corrected chi connectivity index (χ3v) is 11.4. The summed E-state index contributed by atoms with van der Waals surface area (Å²) in [6.07, 6.45) is 3.51. The van der Waals surface area contributed by atoms with Crippen LogP contribution in [0, 0.1) is 17.3 Å². The molecule has 7 rings (SSSR count). The van der Waals surface area contributed by atoms with Gasteiger partial charge in [0.1, 0.15) is 0 Å². The molecule has 0 bridgehead atoms. The minimum Gasteiger partial charge on any atom is -0.466 e. The van der Waals surface area contributed by atoms with Crippen molar-refractivity contribution in [2.24, 2.45) is 17.3 Å². The van der Waals surface area contributed by atoms with Gasteiger partial charge in [-0.15, -0.1) is 11.6 Å². The first kappa shape index (κ1) is 44.0.